The number of aliphatic hydroxyl groups excluding tert-OH is 1. The van der Waals surface area contributed by atoms with Crippen molar-refractivity contribution in [2.45, 2.75) is 174 Å². The van der Waals surface area contributed by atoms with Crippen LogP contribution in [0.25, 0.3) is 0 Å². The zero-order valence-corrected chi connectivity index (χ0v) is 46.2. The summed E-state index contributed by atoms with van der Waals surface area (Å²) in [5, 5.41) is 25.7. The number of aliphatic hydroxyl groups is 1. The molecule has 2 aromatic rings. The zero-order chi connectivity index (χ0) is 52.2. The molecule has 19 heteroatoms. The van der Waals surface area contributed by atoms with Gasteiger partial charge in [-0.3, -0.25) is 19.3 Å². The SMILES string of the molecule is CC(C)(C)c1cc(NC(=O)[C@@H]2CCCCCN2)no1.CC(C)(C)c1cc(NC(=O)[C@@H]2CCCCCN2CC2CCOCC2)no1.CCOC(=O)C1CCOCC1.Cl.O=CC1CCOCC1.OCC1CCOCC1. The van der Waals surface area contributed by atoms with Crippen molar-refractivity contribution in [3.8, 4) is 0 Å². The molecule has 73 heavy (non-hydrogen) atoms. The number of ether oxygens (including phenoxy) is 5. The largest absolute Gasteiger partial charge is 0.466 e. The number of hydrogen-bond acceptors (Lipinski definition) is 16. The molecule has 2 amide bonds. The Kier molecular flexibility index (Phi) is 30.6. The second-order valence-electron chi connectivity index (χ2n) is 21.9. The van der Waals surface area contributed by atoms with Gasteiger partial charge in [0.15, 0.2) is 11.6 Å². The van der Waals surface area contributed by atoms with Crippen molar-refractivity contribution in [2.75, 3.05) is 96.3 Å². The highest BCUT2D eigenvalue weighted by Gasteiger charge is 2.31. The van der Waals surface area contributed by atoms with E-state index in [0.717, 1.165) is 161 Å². The number of esters is 1. The van der Waals surface area contributed by atoms with E-state index in [9.17, 15) is 19.2 Å². The Bertz CT molecular complexity index is 1800. The van der Waals surface area contributed by atoms with Gasteiger partial charge < -0.3 is 58.6 Å². The van der Waals surface area contributed by atoms with Crippen LogP contribution in [0, 0.1) is 23.7 Å². The second-order valence-corrected chi connectivity index (χ2v) is 21.9. The lowest BCUT2D eigenvalue weighted by molar-refractivity contribution is -0.151. The van der Waals surface area contributed by atoms with Crippen molar-refractivity contribution >= 4 is 48.1 Å². The molecule has 6 aliphatic rings. The average molecular weight is 1050 g/mol. The summed E-state index contributed by atoms with van der Waals surface area (Å²) in [5.74, 6) is 4.08. The first-order chi connectivity index (χ1) is 34.6. The fourth-order valence-corrected chi connectivity index (χ4v) is 8.97. The molecular weight excluding hydrogens is 960 g/mol. The van der Waals surface area contributed by atoms with E-state index in [4.69, 9.17) is 37.8 Å². The van der Waals surface area contributed by atoms with E-state index in [1.165, 1.54) is 19.3 Å². The highest BCUT2D eigenvalue weighted by Crippen LogP contribution is 2.28. The number of halogens is 1. The predicted octanol–water partition coefficient (Wildman–Crippen LogP) is 8.44. The fraction of sp³-hybridized carbons (Fsp3) is 0.815. The summed E-state index contributed by atoms with van der Waals surface area (Å²) in [4.78, 5) is 48.7. The van der Waals surface area contributed by atoms with Crippen molar-refractivity contribution in [3.63, 3.8) is 0 Å². The van der Waals surface area contributed by atoms with Crippen LogP contribution in [0.3, 0.4) is 0 Å². The zero-order valence-electron chi connectivity index (χ0n) is 45.4. The molecule has 8 heterocycles. The maximum Gasteiger partial charge on any atom is 0.309 e. The Morgan fingerprint density at radius 3 is 1.66 bits per heavy atom. The van der Waals surface area contributed by atoms with Crippen LogP contribution in [0.1, 0.15) is 163 Å². The van der Waals surface area contributed by atoms with Crippen LogP contribution >= 0.6 is 12.4 Å². The van der Waals surface area contributed by atoms with E-state index < -0.39 is 0 Å². The van der Waals surface area contributed by atoms with Crippen molar-refractivity contribution < 1.29 is 57.0 Å². The molecule has 0 aliphatic carbocycles. The van der Waals surface area contributed by atoms with Gasteiger partial charge in [0.1, 0.15) is 17.8 Å². The van der Waals surface area contributed by atoms with E-state index in [2.05, 4.69) is 51.9 Å². The van der Waals surface area contributed by atoms with Crippen LogP contribution in [-0.4, -0.2) is 142 Å². The number of rotatable bonds is 10. The molecule has 418 valence electrons. The van der Waals surface area contributed by atoms with Gasteiger partial charge in [-0.25, -0.2) is 0 Å². The van der Waals surface area contributed by atoms with Gasteiger partial charge in [0, 0.05) is 94.9 Å². The molecule has 0 aromatic carbocycles. The van der Waals surface area contributed by atoms with E-state index >= 15 is 0 Å². The Hall–Kier alpha value is -3.49. The van der Waals surface area contributed by atoms with Crippen LogP contribution in [0.5, 0.6) is 0 Å². The first-order valence-corrected chi connectivity index (χ1v) is 27.2. The van der Waals surface area contributed by atoms with Crippen LogP contribution < -0.4 is 16.0 Å². The molecule has 6 aliphatic heterocycles. The topological polar surface area (TPSA) is 226 Å². The van der Waals surface area contributed by atoms with Gasteiger partial charge >= 0.3 is 5.97 Å². The first kappa shape index (κ1) is 63.8. The summed E-state index contributed by atoms with van der Waals surface area (Å²) >= 11 is 0. The normalized spacial score (nSPS) is 21.9. The molecule has 0 bridgehead atoms. The number of nitrogens with zero attached hydrogens (tertiary/aromatic N) is 3. The van der Waals surface area contributed by atoms with Gasteiger partial charge in [0.25, 0.3) is 0 Å². The molecule has 8 rings (SSSR count). The van der Waals surface area contributed by atoms with Gasteiger partial charge in [-0.2, -0.15) is 0 Å². The number of carbonyl (C=O) groups excluding carboxylic acids is 4. The van der Waals surface area contributed by atoms with Crippen molar-refractivity contribution in [3.05, 3.63) is 23.7 Å². The number of nitrogens with one attached hydrogen (secondary N) is 3. The third kappa shape index (κ3) is 24.8. The minimum atomic E-state index is -0.118. The van der Waals surface area contributed by atoms with Gasteiger partial charge in [-0.05, 0) is 109 Å². The van der Waals surface area contributed by atoms with Crippen molar-refractivity contribution in [1.82, 2.24) is 20.5 Å². The third-order valence-corrected chi connectivity index (χ3v) is 13.8. The van der Waals surface area contributed by atoms with Crippen molar-refractivity contribution in [1.29, 1.82) is 0 Å². The number of anilines is 2. The highest BCUT2D eigenvalue weighted by atomic mass is 35.5. The molecule has 6 saturated heterocycles. The Labute approximate surface area is 441 Å². The molecular formula is C54H93ClN6O12. The summed E-state index contributed by atoms with van der Waals surface area (Å²) in [5.41, 5.74) is -0.218. The number of hydrogen-bond donors (Lipinski definition) is 4. The standard InChI is InChI=1S/C20H33N3O3.C14H23N3O2.C8H14O3.C6H12O2.C6H10O2.ClH/c1-20(2,3)17-13-18(22-26-17)21-19(24)16-7-5-4-6-10-23(16)14-15-8-11-25-12-9-15;1-14(2,3)11-9-12(17-19-11)16-13(18)10-7-5-4-6-8-15-10;1-2-11-8(9)7-3-5-10-6-4-7;2*7-5-6-1-3-8-4-2-6;/h13,15-16H,4-12,14H2,1-3H3,(H,21,22,24);9-10,15H,4-8H2,1-3H3,(H,16,17,18);7H,2-6H2,1H3;6-7H,1-5H2;5-6H,1-4H2;1H/t16-;10-;;;;/m00..../s1. The first-order valence-electron chi connectivity index (χ1n) is 27.2. The van der Waals surface area contributed by atoms with Crippen LogP contribution in [-0.2, 0) is 53.7 Å². The molecule has 0 saturated carbocycles. The van der Waals surface area contributed by atoms with E-state index in [-0.39, 0.29) is 64.9 Å². The molecule has 0 unspecified atom stereocenters. The summed E-state index contributed by atoms with van der Waals surface area (Å²) in [6, 6.07) is 3.46. The molecule has 18 nitrogen and oxygen atoms in total. The maximum absolute atomic E-state index is 13.0. The maximum atomic E-state index is 13.0. The van der Waals surface area contributed by atoms with Gasteiger partial charge in [0.2, 0.25) is 11.8 Å². The number of amides is 2. The minimum Gasteiger partial charge on any atom is -0.466 e. The average Bonchev–Trinajstić information content (AvgIpc) is 3.91. The number of aldehydes is 1. The monoisotopic (exact) mass is 1050 g/mol. The fourth-order valence-electron chi connectivity index (χ4n) is 8.97. The summed E-state index contributed by atoms with van der Waals surface area (Å²) in [7, 11) is 0. The predicted molar refractivity (Wildman–Crippen MR) is 283 cm³/mol. The summed E-state index contributed by atoms with van der Waals surface area (Å²) in [6.45, 7) is 24.2. The lowest BCUT2D eigenvalue weighted by Crippen LogP contribution is -2.46. The lowest BCUT2D eigenvalue weighted by Gasteiger charge is -2.33. The Morgan fingerprint density at radius 1 is 0.685 bits per heavy atom. The highest BCUT2D eigenvalue weighted by molar-refractivity contribution is 5.94. The Balaban J connectivity index is 0.000000261. The minimum absolute atomic E-state index is 0. The molecule has 0 radical (unpaired) electrons. The summed E-state index contributed by atoms with van der Waals surface area (Å²) in [6.07, 6.45) is 17.5. The van der Waals surface area contributed by atoms with E-state index in [0.29, 0.717) is 49.9 Å². The van der Waals surface area contributed by atoms with Crippen LogP contribution in [0.4, 0.5) is 11.6 Å². The second kappa shape index (κ2) is 35.0. The number of carbonyl (C=O) groups is 4. The number of likely N-dealkylation sites (tertiary alicyclic amines) is 1. The van der Waals surface area contributed by atoms with Crippen LogP contribution in [0.2, 0.25) is 0 Å². The van der Waals surface area contributed by atoms with Gasteiger partial charge in [-0.15, -0.1) is 12.4 Å². The lowest BCUT2D eigenvalue weighted by atomic mass is 9.93. The van der Waals surface area contributed by atoms with E-state index in [1.54, 1.807) is 6.07 Å². The third-order valence-electron chi connectivity index (χ3n) is 13.8. The van der Waals surface area contributed by atoms with Crippen molar-refractivity contribution in [2.24, 2.45) is 23.7 Å². The number of aromatic nitrogens is 2. The van der Waals surface area contributed by atoms with Gasteiger partial charge in [-0.1, -0.05) is 77.5 Å². The molecule has 0 spiro atoms. The van der Waals surface area contributed by atoms with E-state index in [1.807, 2.05) is 33.8 Å². The quantitative estimate of drug-likeness (QED) is 0.129. The summed E-state index contributed by atoms with van der Waals surface area (Å²) < 4.78 is 36.3. The van der Waals surface area contributed by atoms with Crippen LogP contribution in [0.15, 0.2) is 21.2 Å². The van der Waals surface area contributed by atoms with Gasteiger partial charge in [0.05, 0.1) is 24.6 Å². The Morgan fingerprint density at radius 2 is 1.18 bits per heavy atom. The molecule has 2 atom stereocenters. The smallest absolute Gasteiger partial charge is 0.309 e. The molecule has 6 fully saturated rings. The molecule has 4 N–H and O–H groups in total. The molecule has 2 aromatic heterocycles.